The standard InChI is InChI=1S/C17H23F3N2O2/c1-2-14(15(21)23)22-11-16(6-8-24-9-7-16)12-4-3-5-13(10-12)17(18,19)20/h3-5,10,14,22H,2,6-9,11H2,1H3,(H2,21,23)/t14-/m0/s1. The predicted octanol–water partition coefficient (Wildman–Crippen LogP) is 2.61. The van der Waals surface area contributed by atoms with Gasteiger partial charge in [-0.15, -0.1) is 0 Å². The van der Waals surface area contributed by atoms with E-state index in [9.17, 15) is 18.0 Å². The van der Waals surface area contributed by atoms with Crippen LogP contribution in [-0.4, -0.2) is 31.7 Å². The number of primary amides is 1. The molecule has 1 aromatic carbocycles. The molecule has 134 valence electrons. The number of nitrogens with one attached hydrogen (secondary N) is 1. The smallest absolute Gasteiger partial charge is 0.381 e. The number of rotatable bonds is 6. The van der Waals surface area contributed by atoms with Gasteiger partial charge in [-0.1, -0.05) is 25.1 Å². The molecule has 4 nitrogen and oxygen atoms in total. The first-order chi connectivity index (χ1) is 11.3. The van der Waals surface area contributed by atoms with Gasteiger partial charge in [0.25, 0.3) is 0 Å². The number of hydrogen-bond donors (Lipinski definition) is 2. The van der Waals surface area contributed by atoms with E-state index >= 15 is 0 Å². The molecule has 0 unspecified atom stereocenters. The molecule has 0 aliphatic carbocycles. The van der Waals surface area contributed by atoms with Crippen molar-refractivity contribution in [1.29, 1.82) is 0 Å². The molecule has 1 aliphatic heterocycles. The number of alkyl halides is 3. The maximum atomic E-state index is 13.0. The molecule has 1 aromatic rings. The van der Waals surface area contributed by atoms with E-state index in [0.29, 0.717) is 44.6 Å². The fraction of sp³-hybridized carbons (Fsp3) is 0.588. The number of carbonyl (C=O) groups excluding carboxylic acids is 1. The van der Waals surface area contributed by atoms with Gasteiger partial charge >= 0.3 is 6.18 Å². The van der Waals surface area contributed by atoms with E-state index in [1.54, 1.807) is 6.07 Å². The lowest BCUT2D eigenvalue weighted by Gasteiger charge is -2.39. The SMILES string of the molecule is CC[C@H](NCC1(c2cccc(C(F)(F)F)c2)CCOCC1)C(N)=O. The lowest BCUT2D eigenvalue weighted by atomic mass is 9.73. The summed E-state index contributed by atoms with van der Waals surface area (Å²) in [6.07, 6.45) is -2.66. The summed E-state index contributed by atoms with van der Waals surface area (Å²) in [6.45, 7) is 3.18. The Bertz CT molecular complexity index is 569. The van der Waals surface area contributed by atoms with Gasteiger partial charge in [0, 0.05) is 25.2 Å². The highest BCUT2D eigenvalue weighted by Gasteiger charge is 2.37. The Morgan fingerprint density at radius 3 is 2.58 bits per heavy atom. The average molecular weight is 344 g/mol. The summed E-state index contributed by atoms with van der Waals surface area (Å²) in [6, 6.07) is 4.93. The third-order valence-electron chi connectivity index (χ3n) is 4.69. The number of nitrogens with two attached hydrogens (primary N) is 1. The summed E-state index contributed by atoms with van der Waals surface area (Å²) in [5.41, 5.74) is 4.81. The van der Waals surface area contributed by atoms with Crippen LogP contribution < -0.4 is 11.1 Å². The highest BCUT2D eigenvalue weighted by atomic mass is 19.4. The summed E-state index contributed by atoms with van der Waals surface area (Å²) in [5, 5.41) is 3.12. The topological polar surface area (TPSA) is 64.3 Å². The third kappa shape index (κ3) is 4.27. The fourth-order valence-electron chi connectivity index (χ4n) is 3.12. The van der Waals surface area contributed by atoms with E-state index in [-0.39, 0.29) is 0 Å². The predicted molar refractivity (Wildman–Crippen MR) is 84.5 cm³/mol. The van der Waals surface area contributed by atoms with Crippen molar-refractivity contribution in [2.75, 3.05) is 19.8 Å². The summed E-state index contributed by atoms with van der Waals surface area (Å²) < 4.78 is 44.5. The zero-order valence-electron chi connectivity index (χ0n) is 13.7. The third-order valence-corrected chi connectivity index (χ3v) is 4.69. The second-order valence-corrected chi connectivity index (χ2v) is 6.22. The molecule has 0 radical (unpaired) electrons. The number of hydrogen-bond acceptors (Lipinski definition) is 3. The van der Waals surface area contributed by atoms with E-state index < -0.39 is 29.1 Å². The molecule has 1 fully saturated rings. The van der Waals surface area contributed by atoms with Crippen LogP contribution in [0.3, 0.4) is 0 Å². The average Bonchev–Trinajstić information content (AvgIpc) is 2.55. The van der Waals surface area contributed by atoms with Crippen molar-refractivity contribution in [2.24, 2.45) is 5.73 Å². The van der Waals surface area contributed by atoms with Crippen molar-refractivity contribution in [3.8, 4) is 0 Å². The van der Waals surface area contributed by atoms with Gasteiger partial charge in [0.1, 0.15) is 0 Å². The van der Waals surface area contributed by atoms with Crippen molar-refractivity contribution in [3.63, 3.8) is 0 Å². The summed E-state index contributed by atoms with van der Waals surface area (Å²) in [5.74, 6) is -0.455. The number of amides is 1. The van der Waals surface area contributed by atoms with E-state index in [2.05, 4.69) is 5.32 Å². The molecule has 1 aliphatic rings. The van der Waals surface area contributed by atoms with Crippen LogP contribution in [-0.2, 0) is 21.1 Å². The van der Waals surface area contributed by atoms with Gasteiger partial charge in [0.15, 0.2) is 0 Å². The first kappa shape index (κ1) is 18.7. The summed E-state index contributed by atoms with van der Waals surface area (Å²) in [4.78, 5) is 11.4. The molecule has 0 aromatic heterocycles. The molecule has 1 saturated heterocycles. The Kier molecular flexibility index (Phi) is 5.87. The maximum Gasteiger partial charge on any atom is 0.416 e. The molecule has 24 heavy (non-hydrogen) atoms. The highest BCUT2D eigenvalue weighted by molar-refractivity contribution is 5.79. The van der Waals surface area contributed by atoms with Crippen molar-refractivity contribution >= 4 is 5.91 Å². The Labute approximate surface area is 139 Å². The van der Waals surface area contributed by atoms with E-state index in [0.717, 1.165) is 6.07 Å². The Morgan fingerprint density at radius 2 is 2.04 bits per heavy atom. The minimum atomic E-state index is -4.38. The minimum absolute atomic E-state index is 0.388. The molecule has 0 bridgehead atoms. The fourth-order valence-corrected chi connectivity index (χ4v) is 3.12. The van der Waals surface area contributed by atoms with Gasteiger partial charge in [-0.3, -0.25) is 4.79 Å². The monoisotopic (exact) mass is 344 g/mol. The second-order valence-electron chi connectivity index (χ2n) is 6.22. The molecular formula is C17H23F3N2O2. The quantitative estimate of drug-likeness (QED) is 0.834. The lowest BCUT2D eigenvalue weighted by molar-refractivity contribution is -0.137. The molecule has 0 spiro atoms. The van der Waals surface area contributed by atoms with Crippen LogP contribution in [0.15, 0.2) is 24.3 Å². The van der Waals surface area contributed by atoms with Crippen LogP contribution in [0, 0.1) is 0 Å². The molecule has 0 saturated carbocycles. The normalized spacial score (nSPS) is 19.0. The van der Waals surface area contributed by atoms with Crippen molar-refractivity contribution in [2.45, 2.75) is 43.8 Å². The second kappa shape index (κ2) is 7.53. The number of carbonyl (C=O) groups is 1. The van der Waals surface area contributed by atoms with Gasteiger partial charge in [-0.05, 0) is 30.9 Å². The molecule has 1 amide bonds. The highest BCUT2D eigenvalue weighted by Crippen LogP contribution is 2.37. The van der Waals surface area contributed by atoms with Crippen LogP contribution in [0.25, 0.3) is 0 Å². The van der Waals surface area contributed by atoms with Crippen molar-refractivity contribution in [1.82, 2.24) is 5.32 Å². The van der Waals surface area contributed by atoms with Crippen molar-refractivity contribution in [3.05, 3.63) is 35.4 Å². The molecule has 3 N–H and O–H groups in total. The van der Waals surface area contributed by atoms with E-state index in [4.69, 9.17) is 10.5 Å². The van der Waals surface area contributed by atoms with Crippen LogP contribution in [0.4, 0.5) is 13.2 Å². The summed E-state index contributed by atoms with van der Waals surface area (Å²) in [7, 11) is 0. The van der Waals surface area contributed by atoms with Gasteiger partial charge in [0.05, 0.1) is 11.6 Å². The van der Waals surface area contributed by atoms with Crippen molar-refractivity contribution < 1.29 is 22.7 Å². The van der Waals surface area contributed by atoms with Gasteiger partial charge in [0.2, 0.25) is 5.91 Å². The molecule has 1 atom stereocenters. The van der Waals surface area contributed by atoms with Crippen LogP contribution in [0.5, 0.6) is 0 Å². The maximum absolute atomic E-state index is 13.0. The Hall–Kier alpha value is -1.60. The summed E-state index contributed by atoms with van der Waals surface area (Å²) >= 11 is 0. The molecule has 1 heterocycles. The Morgan fingerprint density at radius 1 is 1.38 bits per heavy atom. The van der Waals surface area contributed by atoms with Gasteiger partial charge < -0.3 is 15.8 Å². The minimum Gasteiger partial charge on any atom is -0.381 e. The zero-order valence-corrected chi connectivity index (χ0v) is 13.7. The molecule has 7 heteroatoms. The zero-order chi connectivity index (χ0) is 17.8. The van der Waals surface area contributed by atoms with E-state index in [1.807, 2.05) is 6.92 Å². The van der Waals surface area contributed by atoms with Crippen LogP contribution >= 0.6 is 0 Å². The lowest BCUT2D eigenvalue weighted by Crippen LogP contribution is -2.49. The first-order valence-corrected chi connectivity index (χ1v) is 8.07. The van der Waals surface area contributed by atoms with Crippen LogP contribution in [0.2, 0.25) is 0 Å². The first-order valence-electron chi connectivity index (χ1n) is 8.07. The van der Waals surface area contributed by atoms with Gasteiger partial charge in [-0.25, -0.2) is 0 Å². The number of ether oxygens (including phenoxy) is 1. The van der Waals surface area contributed by atoms with E-state index in [1.165, 1.54) is 12.1 Å². The molecule has 2 rings (SSSR count). The van der Waals surface area contributed by atoms with Crippen LogP contribution in [0.1, 0.15) is 37.3 Å². The Balaban J connectivity index is 2.29. The largest absolute Gasteiger partial charge is 0.416 e. The molecular weight excluding hydrogens is 321 g/mol. The number of halogens is 3. The van der Waals surface area contributed by atoms with Gasteiger partial charge in [-0.2, -0.15) is 13.2 Å². The number of benzene rings is 1.